The molecule has 1 aromatic carbocycles. The molecule has 1 amide bonds. The molecule has 1 aliphatic carbocycles. The van der Waals surface area contributed by atoms with Gasteiger partial charge in [0.2, 0.25) is 5.95 Å². The summed E-state index contributed by atoms with van der Waals surface area (Å²) in [6.45, 7) is 0. The van der Waals surface area contributed by atoms with E-state index in [4.69, 9.17) is 5.73 Å². The maximum Gasteiger partial charge on any atom is 0.276 e. The monoisotopic (exact) mass is 320 g/mol. The minimum absolute atomic E-state index is 0.219. The van der Waals surface area contributed by atoms with Crippen LogP contribution in [-0.2, 0) is 19.9 Å². The van der Waals surface area contributed by atoms with Gasteiger partial charge in [0, 0.05) is 24.5 Å². The summed E-state index contributed by atoms with van der Waals surface area (Å²) in [7, 11) is 1.81. The molecule has 7 heteroatoms. The summed E-state index contributed by atoms with van der Waals surface area (Å²) in [5, 5.41) is 7.31. The van der Waals surface area contributed by atoms with Crippen LogP contribution in [0.3, 0.4) is 0 Å². The second-order valence-corrected chi connectivity index (χ2v) is 5.72. The summed E-state index contributed by atoms with van der Waals surface area (Å²) in [5.74, 6) is 0.00150. The topological polar surface area (TPSA) is 98.7 Å². The molecule has 24 heavy (non-hydrogen) atoms. The molecular weight excluding hydrogens is 304 g/mol. The van der Waals surface area contributed by atoms with E-state index in [1.54, 1.807) is 10.9 Å². The van der Waals surface area contributed by atoms with E-state index in [2.05, 4.69) is 20.4 Å². The van der Waals surface area contributed by atoms with E-state index in [0.29, 0.717) is 5.69 Å². The predicted octanol–water partition coefficient (Wildman–Crippen LogP) is 1.81. The first kappa shape index (κ1) is 14.4. The lowest BCUT2D eigenvalue weighted by atomic mass is 9.93. The molecule has 3 N–H and O–H groups in total. The number of fused-ring (bicyclic) bond motifs is 3. The van der Waals surface area contributed by atoms with Gasteiger partial charge in [-0.2, -0.15) is 5.10 Å². The number of nitrogens with zero attached hydrogens (tertiary/aromatic N) is 4. The molecule has 0 atom stereocenters. The number of hydrogen-bond donors (Lipinski definition) is 2. The number of rotatable bonds is 2. The van der Waals surface area contributed by atoms with Gasteiger partial charge < -0.3 is 11.1 Å². The Hall–Kier alpha value is -3.22. The third kappa shape index (κ3) is 2.30. The minimum Gasteiger partial charge on any atom is -0.368 e. The molecule has 7 nitrogen and oxygen atoms in total. The Kier molecular flexibility index (Phi) is 3.26. The third-order valence-electron chi connectivity index (χ3n) is 4.14. The normalized spacial score (nSPS) is 12.4. The van der Waals surface area contributed by atoms with Crippen molar-refractivity contribution in [1.82, 2.24) is 19.7 Å². The SMILES string of the molecule is Cn1nc(C(=O)Nc2ccccc2)c2c1-c1nc(N)ncc1CC2. The average molecular weight is 320 g/mol. The van der Waals surface area contributed by atoms with E-state index >= 15 is 0 Å². The molecule has 0 fully saturated rings. The molecule has 4 rings (SSSR count). The standard InChI is InChI=1S/C17H16N6O/c1-23-15-12(8-7-10-9-19-17(18)21-13(10)15)14(22-23)16(24)20-11-5-3-2-4-6-11/h2-6,9H,7-8H2,1H3,(H,20,24)(H2,18,19,21). The van der Waals surface area contributed by atoms with Crippen molar-refractivity contribution in [2.75, 3.05) is 11.1 Å². The Labute approximate surface area is 138 Å². The zero-order valence-electron chi connectivity index (χ0n) is 13.2. The van der Waals surface area contributed by atoms with Gasteiger partial charge in [-0.1, -0.05) is 18.2 Å². The van der Waals surface area contributed by atoms with Gasteiger partial charge >= 0.3 is 0 Å². The molecule has 0 aliphatic heterocycles. The molecule has 120 valence electrons. The molecule has 2 heterocycles. The van der Waals surface area contributed by atoms with E-state index in [-0.39, 0.29) is 11.9 Å². The number of anilines is 2. The number of carbonyl (C=O) groups excluding carboxylic acids is 1. The number of nitrogens with two attached hydrogens (primary N) is 1. The summed E-state index contributed by atoms with van der Waals surface area (Å²) < 4.78 is 1.69. The van der Waals surface area contributed by atoms with Crippen molar-refractivity contribution in [3.05, 3.63) is 53.3 Å². The van der Waals surface area contributed by atoms with Crippen LogP contribution in [-0.4, -0.2) is 25.7 Å². The van der Waals surface area contributed by atoms with E-state index in [0.717, 1.165) is 41.0 Å². The molecule has 0 radical (unpaired) electrons. The van der Waals surface area contributed by atoms with Crippen molar-refractivity contribution in [3.8, 4) is 11.4 Å². The summed E-state index contributed by atoms with van der Waals surface area (Å²) in [6.07, 6.45) is 3.23. The van der Waals surface area contributed by atoms with Crippen molar-refractivity contribution in [2.45, 2.75) is 12.8 Å². The summed E-state index contributed by atoms with van der Waals surface area (Å²) >= 11 is 0. The molecule has 0 bridgehead atoms. The van der Waals surface area contributed by atoms with Gasteiger partial charge in [-0.05, 0) is 30.5 Å². The molecule has 0 saturated carbocycles. The van der Waals surface area contributed by atoms with Gasteiger partial charge in [0.25, 0.3) is 5.91 Å². The quantitative estimate of drug-likeness (QED) is 0.750. The number of aryl methyl sites for hydroxylation is 2. The van der Waals surface area contributed by atoms with Gasteiger partial charge in [-0.25, -0.2) is 9.97 Å². The lowest BCUT2D eigenvalue weighted by Crippen LogP contribution is -2.16. The van der Waals surface area contributed by atoms with Crippen LogP contribution in [0.2, 0.25) is 0 Å². The Morgan fingerprint density at radius 1 is 1.25 bits per heavy atom. The molecular formula is C17H16N6O. The first-order valence-electron chi connectivity index (χ1n) is 7.67. The van der Waals surface area contributed by atoms with E-state index in [1.165, 1.54) is 0 Å². The highest BCUT2D eigenvalue weighted by atomic mass is 16.2. The first-order valence-corrected chi connectivity index (χ1v) is 7.67. The lowest BCUT2D eigenvalue weighted by molar-refractivity contribution is 0.102. The predicted molar refractivity (Wildman–Crippen MR) is 90.4 cm³/mol. The maximum absolute atomic E-state index is 12.6. The number of carbonyl (C=O) groups is 1. The van der Waals surface area contributed by atoms with E-state index in [9.17, 15) is 4.79 Å². The van der Waals surface area contributed by atoms with Crippen LogP contribution in [0.1, 0.15) is 21.6 Å². The Morgan fingerprint density at radius 3 is 2.83 bits per heavy atom. The van der Waals surface area contributed by atoms with Crippen LogP contribution >= 0.6 is 0 Å². The number of nitrogen functional groups attached to an aromatic ring is 1. The minimum atomic E-state index is -0.219. The number of benzene rings is 1. The van der Waals surface area contributed by atoms with Gasteiger partial charge in [-0.15, -0.1) is 0 Å². The van der Waals surface area contributed by atoms with Crippen LogP contribution < -0.4 is 11.1 Å². The van der Waals surface area contributed by atoms with Gasteiger partial charge in [0.15, 0.2) is 5.69 Å². The number of hydrogen-bond acceptors (Lipinski definition) is 5. The van der Waals surface area contributed by atoms with Crippen LogP contribution in [0.15, 0.2) is 36.5 Å². The Bertz CT molecular complexity index is 932. The largest absolute Gasteiger partial charge is 0.368 e. The highest BCUT2D eigenvalue weighted by molar-refractivity contribution is 6.05. The molecule has 0 spiro atoms. The summed E-state index contributed by atoms with van der Waals surface area (Å²) in [4.78, 5) is 21.0. The number of aromatic nitrogens is 4. The second-order valence-electron chi connectivity index (χ2n) is 5.72. The van der Waals surface area contributed by atoms with Gasteiger partial charge in [0.05, 0.1) is 11.4 Å². The fraction of sp³-hybridized carbons (Fsp3) is 0.176. The number of para-hydroxylation sites is 1. The Morgan fingerprint density at radius 2 is 2.04 bits per heavy atom. The highest BCUT2D eigenvalue weighted by Crippen LogP contribution is 2.33. The van der Waals surface area contributed by atoms with Crippen molar-refractivity contribution < 1.29 is 4.79 Å². The van der Waals surface area contributed by atoms with Crippen molar-refractivity contribution >= 4 is 17.5 Å². The second kappa shape index (κ2) is 5.45. The summed E-state index contributed by atoms with van der Waals surface area (Å²) in [5.41, 5.74) is 10.4. The fourth-order valence-corrected chi connectivity index (χ4v) is 3.06. The van der Waals surface area contributed by atoms with Crippen molar-refractivity contribution in [1.29, 1.82) is 0 Å². The highest BCUT2D eigenvalue weighted by Gasteiger charge is 2.28. The molecule has 0 unspecified atom stereocenters. The molecule has 3 aromatic rings. The molecule has 2 aromatic heterocycles. The van der Waals surface area contributed by atoms with E-state index < -0.39 is 0 Å². The molecule has 0 saturated heterocycles. The van der Waals surface area contributed by atoms with E-state index in [1.807, 2.05) is 37.4 Å². The third-order valence-corrected chi connectivity index (χ3v) is 4.14. The number of amides is 1. The Balaban J connectivity index is 1.76. The smallest absolute Gasteiger partial charge is 0.276 e. The van der Waals surface area contributed by atoms with Crippen LogP contribution in [0.4, 0.5) is 11.6 Å². The zero-order chi connectivity index (χ0) is 16.7. The average Bonchev–Trinajstić information content (AvgIpc) is 2.93. The van der Waals surface area contributed by atoms with Crippen LogP contribution in [0.5, 0.6) is 0 Å². The van der Waals surface area contributed by atoms with Gasteiger partial charge in [0.1, 0.15) is 0 Å². The van der Waals surface area contributed by atoms with Crippen LogP contribution in [0.25, 0.3) is 11.4 Å². The fourth-order valence-electron chi connectivity index (χ4n) is 3.06. The summed E-state index contributed by atoms with van der Waals surface area (Å²) in [6, 6.07) is 9.34. The first-order chi connectivity index (χ1) is 11.6. The molecule has 1 aliphatic rings. The van der Waals surface area contributed by atoms with Gasteiger partial charge in [-0.3, -0.25) is 9.48 Å². The maximum atomic E-state index is 12.6. The van der Waals surface area contributed by atoms with Crippen LogP contribution in [0, 0.1) is 0 Å². The number of nitrogens with one attached hydrogen (secondary N) is 1. The van der Waals surface area contributed by atoms with Crippen molar-refractivity contribution in [3.63, 3.8) is 0 Å². The van der Waals surface area contributed by atoms with Crippen molar-refractivity contribution in [2.24, 2.45) is 7.05 Å². The zero-order valence-corrected chi connectivity index (χ0v) is 13.2. The lowest BCUT2D eigenvalue weighted by Gasteiger charge is -2.16.